The van der Waals surface area contributed by atoms with E-state index in [-0.39, 0.29) is 6.42 Å². The first kappa shape index (κ1) is 24.0. The largest absolute Gasteiger partial charge is 0.488 e. The number of nitrogens with one attached hydrogen (secondary N) is 1. The molecule has 2 rings (SSSR count). The van der Waals surface area contributed by atoms with E-state index in [4.69, 9.17) is 30.6 Å². The number of rotatable bonds is 8. The number of phosphoric acid groups is 2. The fraction of sp³-hybridized carbons (Fsp3) is 0.556. The van der Waals surface area contributed by atoms with Gasteiger partial charge in [0.1, 0.15) is 0 Å². The van der Waals surface area contributed by atoms with Crippen LogP contribution in [0.3, 0.4) is 0 Å². The molecular weight excluding hydrogens is 489 g/mol. The number of ether oxygens (including phenoxy) is 1. The fourth-order valence-corrected chi connectivity index (χ4v) is 6.53. The summed E-state index contributed by atoms with van der Waals surface area (Å²) < 4.78 is 40.9. The average molecular weight is 503 g/mol. The van der Waals surface area contributed by atoms with Crippen LogP contribution >= 0.6 is 34.0 Å². The van der Waals surface area contributed by atoms with Crippen molar-refractivity contribution >= 4 is 45.8 Å². The van der Waals surface area contributed by atoms with E-state index in [0.717, 1.165) is 10.6 Å². The Hall–Kier alpha value is -0.240. The van der Waals surface area contributed by atoms with E-state index in [9.17, 15) is 28.5 Å². The summed E-state index contributed by atoms with van der Waals surface area (Å²) in [4.78, 5) is 60.9. The molecule has 0 radical (unpaired) electrons. The van der Waals surface area contributed by atoms with Crippen LogP contribution in [0.5, 0.6) is 0 Å². The maximum absolute atomic E-state index is 11.8. The van der Waals surface area contributed by atoms with Crippen molar-refractivity contribution < 1.29 is 46.6 Å². The Kier molecular flexibility index (Phi) is 7.61. The van der Waals surface area contributed by atoms with E-state index in [0.29, 0.717) is 0 Å². The van der Waals surface area contributed by atoms with Crippen LogP contribution in [0, 0.1) is 0 Å². The smallest absolute Gasteiger partial charge is 0.351 e. The van der Waals surface area contributed by atoms with Gasteiger partial charge in [0, 0.05) is 12.3 Å². The molecule has 5 unspecified atom stereocenters. The molecule has 0 aromatic carbocycles. The lowest BCUT2D eigenvalue weighted by Gasteiger charge is -2.21. The summed E-state index contributed by atoms with van der Waals surface area (Å²) in [7, 11) is -10.8. The van der Waals surface area contributed by atoms with Crippen molar-refractivity contribution in [3.63, 3.8) is 0 Å². The first-order chi connectivity index (χ1) is 12.7. The highest BCUT2D eigenvalue weighted by atomic mass is 35.5. The van der Waals surface area contributed by atoms with Gasteiger partial charge in [-0.15, -0.1) is 11.6 Å². The van der Waals surface area contributed by atoms with Crippen LogP contribution in [0.2, 0.25) is 0 Å². The maximum atomic E-state index is 11.8. The van der Waals surface area contributed by atoms with Gasteiger partial charge in [-0.2, -0.15) is 4.31 Å². The highest BCUT2D eigenvalue weighted by Crippen LogP contribution is 2.66. The topological polar surface area (TPSA) is 207 Å². The number of aromatic amines is 1. The van der Waals surface area contributed by atoms with E-state index in [2.05, 4.69) is 20.4 Å². The highest BCUT2D eigenvalue weighted by molar-refractivity contribution is 8.08. The van der Waals surface area contributed by atoms with E-state index in [1.165, 1.54) is 6.20 Å². The van der Waals surface area contributed by atoms with Crippen LogP contribution < -0.4 is 11.2 Å². The molecule has 0 spiro atoms. The van der Waals surface area contributed by atoms with Gasteiger partial charge < -0.3 is 28.8 Å². The Balaban J connectivity index is 1.98. The Morgan fingerprint density at radius 3 is 2.50 bits per heavy atom. The minimum absolute atomic E-state index is 0.100. The van der Waals surface area contributed by atoms with Crippen molar-refractivity contribution in [3.8, 4) is 0 Å². The molecule has 1 aromatic heterocycles. The SMILES string of the molecule is O=c1ccn(C2OC(COP(O)(=S)OP(=O)(O)OP(=O)(O)O)CC2Cl)c(=O)[nH]1. The maximum Gasteiger partial charge on any atom is 0.488 e. The molecular formula is C9H14ClN2O12P3S. The normalized spacial score (nSPS) is 27.2. The van der Waals surface area contributed by atoms with Gasteiger partial charge >= 0.3 is 28.1 Å². The molecule has 1 aliphatic heterocycles. The number of nitrogens with zero attached hydrogens (tertiary/aromatic N) is 1. The molecule has 5 atom stereocenters. The van der Waals surface area contributed by atoms with Crippen molar-refractivity contribution in [2.24, 2.45) is 0 Å². The Bertz CT molecular complexity index is 976. The number of H-pyrrole nitrogens is 1. The van der Waals surface area contributed by atoms with E-state index >= 15 is 0 Å². The number of aromatic nitrogens is 2. The summed E-state index contributed by atoms with van der Waals surface area (Å²) in [6.45, 7) is -4.97. The molecule has 0 amide bonds. The predicted octanol–water partition coefficient (Wildman–Crippen LogP) is -0.109. The lowest BCUT2D eigenvalue weighted by atomic mass is 10.2. The molecule has 5 N–H and O–H groups in total. The van der Waals surface area contributed by atoms with Crippen LogP contribution in [0.1, 0.15) is 12.6 Å². The molecule has 2 heterocycles. The second-order valence-electron chi connectivity index (χ2n) is 5.30. The molecule has 14 nitrogen and oxygen atoms in total. The van der Waals surface area contributed by atoms with Gasteiger partial charge in [0.2, 0.25) is 0 Å². The number of hydrogen-bond donors (Lipinski definition) is 5. The standard InChI is InChI=1S/C9H14ClN2O12P3S/c10-6-3-5(22-8(6)12-2-1-7(13)11-9(12)14)4-21-27(20,28)24-26(18,19)23-25(15,16)17/h1-2,5-6,8H,3-4H2,(H,18,19)(H,20,28)(H,11,13,14)(H2,15,16,17). The van der Waals surface area contributed by atoms with Gasteiger partial charge in [0.15, 0.2) is 6.23 Å². The van der Waals surface area contributed by atoms with Crippen LogP contribution in [-0.4, -0.2) is 47.2 Å². The third kappa shape index (κ3) is 7.22. The monoisotopic (exact) mass is 502 g/mol. The van der Waals surface area contributed by atoms with Crippen LogP contribution in [0.15, 0.2) is 21.9 Å². The predicted molar refractivity (Wildman–Crippen MR) is 96.0 cm³/mol. The molecule has 19 heteroatoms. The van der Waals surface area contributed by atoms with Gasteiger partial charge in [-0.3, -0.25) is 14.3 Å². The molecule has 160 valence electrons. The van der Waals surface area contributed by atoms with E-state index in [1.54, 1.807) is 0 Å². The first-order valence-corrected chi connectivity index (χ1v) is 13.1. The van der Waals surface area contributed by atoms with E-state index < -0.39 is 57.9 Å². The van der Waals surface area contributed by atoms with Crippen LogP contribution in [0.25, 0.3) is 0 Å². The molecule has 1 aromatic rings. The minimum Gasteiger partial charge on any atom is -0.351 e. The summed E-state index contributed by atoms with van der Waals surface area (Å²) in [6.07, 6.45) is -0.557. The molecule has 1 fully saturated rings. The molecule has 0 saturated carbocycles. The third-order valence-corrected chi connectivity index (χ3v) is 8.21. The van der Waals surface area contributed by atoms with Gasteiger partial charge in [-0.1, -0.05) is 0 Å². The molecule has 1 aliphatic rings. The van der Waals surface area contributed by atoms with Crippen molar-refractivity contribution in [1.29, 1.82) is 0 Å². The van der Waals surface area contributed by atoms with Crippen LogP contribution in [-0.2, 0) is 38.8 Å². The van der Waals surface area contributed by atoms with Gasteiger partial charge in [-0.05, 0) is 18.2 Å². The number of hydrogen-bond acceptors (Lipinski definition) is 9. The lowest BCUT2D eigenvalue weighted by molar-refractivity contribution is -0.0210. The molecule has 0 aliphatic carbocycles. The van der Waals surface area contributed by atoms with Gasteiger partial charge in [-0.25, -0.2) is 18.2 Å². The zero-order valence-corrected chi connectivity index (χ0v) is 17.7. The second kappa shape index (κ2) is 8.86. The average Bonchev–Trinajstić information content (AvgIpc) is 2.82. The van der Waals surface area contributed by atoms with Crippen molar-refractivity contribution in [1.82, 2.24) is 9.55 Å². The molecule has 28 heavy (non-hydrogen) atoms. The number of alkyl halides is 1. The summed E-state index contributed by atoms with van der Waals surface area (Å²) in [5, 5.41) is -0.739. The quantitative estimate of drug-likeness (QED) is 0.232. The van der Waals surface area contributed by atoms with Crippen molar-refractivity contribution in [3.05, 3.63) is 33.1 Å². The Morgan fingerprint density at radius 1 is 1.29 bits per heavy atom. The van der Waals surface area contributed by atoms with Gasteiger partial charge in [0.05, 0.1) is 18.1 Å². The summed E-state index contributed by atoms with van der Waals surface area (Å²) in [6, 6.07) is 1.08. The van der Waals surface area contributed by atoms with Crippen molar-refractivity contribution in [2.45, 2.75) is 24.1 Å². The van der Waals surface area contributed by atoms with E-state index in [1.807, 2.05) is 4.98 Å². The first-order valence-electron chi connectivity index (χ1n) is 7.07. The van der Waals surface area contributed by atoms with Crippen LogP contribution in [0.4, 0.5) is 0 Å². The summed E-state index contributed by atoms with van der Waals surface area (Å²) in [5.74, 6) is 0. The van der Waals surface area contributed by atoms with Crippen molar-refractivity contribution in [2.75, 3.05) is 6.61 Å². The third-order valence-electron chi connectivity index (χ3n) is 3.09. The zero-order valence-electron chi connectivity index (χ0n) is 13.4. The molecule has 0 bridgehead atoms. The highest BCUT2D eigenvalue weighted by Gasteiger charge is 2.40. The Morgan fingerprint density at radius 2 is 1.93 bits per heavy atom. The lowest BCUT2D eigenvalue weighted by Crippen LogP contribution is -2.33. The Labute approximate surface area is 166 Å². The summed E-state index contributed by atoms with van der Waals surface area (Å²) in [5.41, 5.74) is -1.38. The zero-order chi connectivity index (χ0) is 21.3. The second-order valence-corrected chi connectivity index (χ2v) is 11.7. The van der Waals surface area contributed by atoms with Gasteiger partial charge in [0.25, 0.3) is 5.56 Å². The fourth-order valence-electron chi connectivity index (χ4n) is 2.16. The minimum atomic E-state index is -5.42. The summed E-state index contributed by atoms with van der Waals surface area (Å²) >= 11 is 10.6. The molecule has 1 saturated heterocycles. The number of halogens is 1.